The van der Waals surface area contributed by atoms with Crippen LogP contribution in [0, 0.1) is 0 Å². The zero-order valence-corrected chi connectivity index (χ0v) is 18.6. The average Bonchev–Trinajstić information content (AvgIpc) is 2.57. The molecule has 1 aliphatic rings. The van der Waals surface area contributed by atoms with Gasteiger partial charge in [0.15, 0.2) is 0 Å². The SMILES string of the molecule is CCCCCCCCCCCCCCC[C@H]1CN(C)CCO[P@](C)(=O)O1. The van der Waals surface area contributed by atoms with Gasteiger partial charge in [0.05, 0.1) is 12.7 Å². The van der Waals surface area contributed by atoms with Gasteiger partial charge in [-0.15, -0.1) is 0 Å². The average molecular weight is 390 g/mol. The quantitative estimate of drug-likeness (QED) is 0.247. The molecular formula is C21H44NO3P. The Morgan fingerprint density at radius 2 is 1.38 bits per heavy atom. The van der Waals surface area contributed by atoms with Crippen LogP contribution in [-0.2, 0) is 13.6 Å². The van der Waals surface area contributed by atoms with Crippen LogP contribution in [0.2, 0.25) is 0 Å². The topological polar surface area (TPSA) is 38.8 Å². The Balaban J connectivity index is 1.95. The van der Waals surface area contributed by atoms with Crippen molar-refractivity contribution in [2.75, 3.05) is 33.4 Å². The van der Waals surface area contributed by atoms with Gasteiger partial charge in [-0.3, -0.25) is 4.57 Å². The summed E-state index contributed by atoms with van der Waals surface area (Å²) in [4.78, 5) is 2.21. The molecule has 2 atom stereocenters. The maximum absolute atomic E-state index is 12.2. The first kappa shape index (κ1) is 24.1. The van der Waals surface area contributed by atoms with E-state index in [1.54, 1.807) is 6.66 Å². The van der Waals surface area contributed by atoms with Gasteiger partial charge in [0.25, 0.3) is 0 Å². The predicted molar refractivity (Wildman–Crippen MR) is 112 cm³/mol. The standard InChI is InChI=1S/C21H44NO3P/c1-4-5-6-7-8-9-10-11-12-13-14-15-16-17-21-20-22(2)18-19-24-26(3,23)25-21/h21H,4-20H2,1-3H3/t21-,26-/m0/s1. The maximum atomic E-state index is 12.2. The number of likely N-dealkylation sites (N-methyl/N-ethyl adjacent to an activating group) is 1. The Hall–Kier alpha value is 0.110. The summed E-state index contributed by atoms with van der Waals surface area (Å²) in [7, 11) is -0.775. The van der Waals surface area contributed by atoms with E-state index in [0.29, 0.717) is 6.61 Å². The molecule has 0 spiro atoms. The van der Waals surface area contributed by atoms with Crippen molar-refractivity contribution in [1.29, 1.82) is 0 Å². The van der Waals surface area contributed by atoms with Gasteiger partial charge < -0.3 is 13.9 Å². The van der Waals surface area contributed by atoms with Gasteiger partial charge in [-0.25, -0.2) is 0 Å². The molecule has 1 fully saturated rings. The zero-order valence-electron chi connectivity index (χ0n) is 17.7. The largest absolute Gasteiger partial charge is 0.327 e. The fraction of sp³-hybridized carbons (Fsp3) is 1.00. The third kappa shape index (κ3) is 13.3. The second-order valence-corrected chi connectivity index (χ2v) is 10.1. The zero-order chi connectivity index (χ0) is 19.1. The number of hydrogen-bond donors (Lipinski definition) is 0. The molecule has 26 heavy (non-hydrogen) atoms. The van der Waals surface area contributed by atoms with Gasteiger partial charge in [0.2, 0.25) is 0 Å². The Morgan fingerprint density at radius 3 is 1.92 bits per heavy atom. The van der Waals surface area contributed by atoms with Crippen molar-refractivity contribution in [3.8, 4) is 0 Å². The molecule has 1 heterocycles. The van der Waals surface area contributed by atoms with Crippen LogP contribution < -0.4 is 0 Å². The fourth-order valence-electron chi connectivity index (χ4n) is 3.67. The molecule has 1 rings (SSSR count). The lowest BCUT2D eigenvalue weighted by molar-refractivity contribution is 0.0768. The molecule has 0 aromatic carbocycles. The van der Waals surface area contributed by atoms with Crippen LogP contribution in [0.25, 0.3) is 0 Å². The Kier molecular flexibility index (Phi) is 14.0. The predicted octanol–water partition coefficient (Wildman–Crippen LogP) is 6.64. The lowest BCUT2D eigenvalue weighted by atomic mass is 10.0. The van der Waals surface area contributed by atoms with E-state index in [1.165, 1.54) is 77.0 Å². The Morgan fingerprint density at radius 1 is 0.885 bits per heavy atom. The first-order valence-electron chi connectivity index (χ1n) is 11.1. The highest BCUT2D eigenvalue weighted by molar-refractivity contribution is 7.53. The fourth-order valence-corrected chi connectivity index (χ4v) is 4.86. The third-order valence-electron chi connectivity index (χ3n) is 5.28. The van der Waals surface area contributed by atoms with E-state index in [9.17, 15) is 4.57 Å². The van der Waals surface area contributed by atoms with Crippen molar-refractivity contribution in [2.45, 2.75) is 103 Å². The van der Waals surface area contributed by atoms with Gasteiger partial charge in [-0.05, 0) is 13.5 Å². The molecule has 156 valence electrons. The summed E-state index contributed by atoms with van der Waals surface area (Å²) >= 11 is 0. The molecule has 0 unspecified atom stereocenters. The first-order valence-corrected chi connectivity index (χ1v) is 13.1. The lowest BCUT2D eigenvalue weighted by Gasteiger charge is -2.30. The van der Waals surface area contributed by atoms with Crippen LogP contribution in [0.4, 0.5) is 0 Å². The summed E-state index contributed by atoms with van der Waals surface area (Å²) in [6, 6.07) is 0. The van der Waals surface area contributed by atoms with E-state index < -0.39 is 7.60 Å². The normalized spacial score (nSPS) is 25.1. The van der Waals surface area contributed by atoms with Crippen molar-refractivity contribution in [3.63, 3.8) is 0 Å². The minimum Gasteiger partial charge on any atom is -0.307 e. The van der Waals surface area contributed by atoms with E-state index in [1.807, 2.05) is 0 Å². The van der Waals surface area contributed by atoms with Crippen LogP contribution in [-0.4, -0.2) is 44.4 Å². The van der Waals surface area contributed by atoms with E-state index in [2.05, 4.69) is 18.9 Å². The summed E-state index contributed by atoms with van der Waals surface area (Å²) in [6.07, 6.45) is 18.8. The molecule has 0 bridgehead atoms. The number of rotatable bonds is 14. The smallest absolute Gasteiger partial charge is 0.307 e. The van der Waals surface area contributed by atoms with Crippen molar-refractivity contribution < 1.29 is 13.6 Å². The van der Waals surface area contributed by atoms with E-state index in [0.717, 1.165) is 25.9 Å². The second-order valence-electron chi connectivity index (χ2n) is 8.13. The summed E-state index contributed by atoms with van der Waals surface area (Å²) in [5.74, 6) is 0. The molecule has 1 saturated heterocycles. The van der Waals surface area contributed by atoms with E-state index >= 15 is 0 Å². The summed E-state index contributed by atoms with van der Waals surface area (Å²) in [6.45, 7) is 6.07. The monoisotopic (exact) mass is 389 g/mol. The van der Waals surface area contributed by atoms with E-state index in [-0.39, 0.29) is 6.10 Å². The molecule has 0 radical (unpaired) electrons. The van der Waals surface area contributed by atoms with Crippen molar-refractivity contribution in [1.82, 2.24) is 4.90 Å². The van der Waals surface area contributed by atoms with Gasteiger partial charge in [0, 0.05) is 19.8 Å². The van der Waals surface area contributed by atoms with Crippen LogP contribution in [0.1, 0.15) is 96.8 Å². The minimum absolute atomic E-state index is 0.0452. The van der Waals surface area contributed by atoms with Crippen molar-refractivity contribution >= 4 is 7.60 Å². The van der Waals surface area contributed by atoms with E-state index in [4.69, 9.17) is 9.05 Å². The maximum Gasteiger partial charge on any atom is 0.327 e. The highest BCUT2D eigenvalue weighted by Gasteiger charge is 2.26. The molecule has 0 aliphatic carbocycles. The molecule has 0 amide bonds. The Bertz CT molecular complexity index is 378. The number of unbranched alkanes of at least 4 members (excludes halogenated alkanes) is 12. The van der Waals surface area contributed by atoms with Crippen LogP contribution in [0.15, 0.2) is 0 Å². The van der Waals surface area contributed by atoms with Gasteiger partial charge in [-0.1, -0.05) is 90.4 Å². The summed E-state index contributed by atoms with van der Waals surface area (Å²) in [5.41, 5.74) is 0. The number of hydrogen-bond acceptors (Lipinski definition) is 4. The Labute approximate surface area is 162 Å². The molecule has 0 aromatic heterocycles. The molecular weight excluding hydrogens is 345 g/mol. The molecule has 1 aliphatic heterocycles. The molecule has 0 saturated carbocycles. The van der Waals surface area contributed by atoms with Crippen molar-refractivity contribution in [2.24, 2.45) is 0 Å². The van der Waals surface area contributed by atoms with Gasteiger partial charge in [-0.2, -0.15) is 0 Å². The van der Waals surface area contributed by atoms with Crippen LogP contribution in [0.5, 0.6) is 0 Å². The second kappa shape index (κ2) is 15.1. The molecule has 5 heteroatoms. The molecule has 4 nitrogen and oxygen atoms in total. The lowest BCUT2D eigenvalue weighted by Crippen LogP contribution is -2.35. The highest BCUT2D eigenvalue weighted by atomic mass is 31.2. The van der Waals surface area contributed by atoms with Crippen LogP contribution >= 0.6 is 7.60 Å². The first-order chi connectivity index (χ1) is 12.5. The minimum atomic E-state index is -2.85. The van der Waals surface area contributed by atoms with Crippen molar-refractivity contribution in [3.05, 3.63) is 0 Å². The third-order valence-corrected chi connectivity index (χ3v) is 6.62. The van der Waals surface area contributed by atoms with Gasteiger partial charge >= 0.3 is 7.60 Å². The highest BCUT2D eigenvalue weighted by Crippen LogP contribution is 2.46. The molecule has 0 aromatic rings. The molecule has 0 N–H and O–H groups in total. The number of nitrogens with zero attached hydrogens (tertiary/aromatic N) is 1. The summed E-state index contributed by atoms with van der Waals surface area (Å²) < 4.78 is 23.3. The van der Waals surface area contributed by atoms with Gasteiger partial charge in [0.1, 0.15) is 0 Å². The summed E-state index contributed by atoms with van der Waals surface area (Å²) in [5, 5.41) is 0. The van der Waals surface area contributed by atoms with Crippen LogP contribution in [0.3, 0.4) is 0 Å².